The monoisotopic (exact) mass is 503 g/mol. The first-order valence-corrected chi connectivity index (χ1v) is 13.3. The molecule has 1 unspecified atom stereocenters. The molecule has 0 radical (unpaired) electrons. The molecule has 0 saturated heterocycles. The Bertz CT molecular complexity index is 1170. The number of carbonyl (C=O) groups is 2. The zero-order valence-corrected chi connectivity index (χ0v) is 21.4. The molecule has 2 aromatic carbocycles. The predicted molar refractivity (Wildman–Crippen MR) is 134 cm³/mol. The number of anilines is 1. The second-order valence-corrected chi connectivity index (χ2v) is 10.4. The van der Waals surface area contributed by atoms with Crippen molar-refractivity contribution < 1.29 is 27.5 Å². The third kappa shape index (κ3) is 6.05. The van der Waals surface area contributed by atoms with E-state index in [4.69, 9.17) is 9.47 Å². The summed E-state index contributed by atoms with van der Waals surface area (Å²) in [5.41, 5.74) is 2.16. The maximum Gasteiger partial charge on any atom is 0.244 e. The summed E-state index contributed by atoms with van der Waals surface area (Å²) in [5.74, 6) is -0.0357. The van der Waals surface area contributed by atoms with E-state index < -0.39 is 28.5 Å². The van der Waals surface area contributed by atoms with Gasteiger partial charge in [0, 0.05) is 19.7 Å². The number of ether oxygens (including phenoxy) is 2. The summed E-state index contributed by atoms with van der Waals surface area (Å²) >= 11 is 0. The van der Waals surface area contributed by atoms with Crippen molar-refractivity contribution in [2.24, 2.45) is 0 Å². The van der Waals surface area contributed by atoms with E-state index >= 15 is 0 Å². The molecule has 190 valence electrons. The molecule has 3 rings (SSSR count). The van der Waals surface area contributed by atoms with Crippen LogP contribution < -0.4 is 19.1 Å². The van der Waals surface area contributed by atoms with E-state index in [0.717, 1.165) is 15.4 Å². The number of nitrogens with one attached hydrogen (secondary N) is 1. The van der Waals surface area contributed by atoms with Gasteiger partial charge in [-0.1, -0.05) is 31.2 Å². The first-order chi connectivity index (χ1) is 16.7. The van der Waals surface area contributed by atoms with Crippen LogP contribution in [0.15, 0.2) is 42.5 Å². The summed E-state index contributed by atoms with van der Waals surface area (Å²) in [4.78, 5) is 27.8. The zero-order valence-electron chi connectivity index (χ0n) is 20.6. The summed E-state index contributed by atoms with van der Waals surface area (Å²) in [6, 6.07) is 11.6. The number of likely N-dealkylation sites (N-methyl/N-ethyl adjacent to an activating group) is 1. The molecule has 10 heteroatoms. The lowest BCUT2D eigenvalue weighted by Gasteiger charge is -2.33. The summed E-state index contributed by atoms with van der Waals surface area (Å²) in [6.07, 6.45) is 0.377. The lowest BCUT2D eigenvalue weighted by Crippen LogP contribution is -2.52. The Morgan fingerprint density at radius 1 is 1.06 bits per heavy atom. The SMILES string of the molecule is CCC(C(=O)NC)N(Cc1ccccc1C)C(=O)CN(c1ccc2c(c1)OCCO2)S(=O)(=O)CC. The average molecular weight is 504 g/mol. The van der Waals surface area contributed by atoms with Gasteiger partial charge >= 0.3 is 0 Å². The van der Waals surface area contributed by atoms with Crippen LogP contribution in [0, 0.1) is 6.92 Å². The Kier molecular flexibility index (Phi) is 8.61. The molecule has 1 aliphatic heterocycles. The maximum atomic E-state index is 13.7. The zero-order chi connectivity index (χ0) is 25.6. The van der Waals surface area contributed by atoms with Crippen LogP contribution in [-0.4, -0.2) is 63.7 Å². The quantitative estimate of drug-likeness (QED) is 0.534. The van der Waals surface area contributed by atoms with E-state index in [1.54, 1.807) is 18.2 Å². The fourth-order valence-corrected chi connectivity index (χ4v) is 5.02. The first-order valence-electron chi connectivity index (χ1n) is 11.7. The van der Waals surface area contributed by atoms with Gasteiger partial charge in [-0.05, 0) is 43.5 Å². The normalized spacial score (nSPS) is 13.6. The number of aryl methyl sites for hydroxylation is 1. The number of hydrogen-bond donors (Lipinski definition) is 1. The van der Waals surface area contributed by atoms with Crippen molar-refractivity contribution >= 4 is 27.5 Å². The van der Waals surface area contributed by atoms with E-state index in [2.05, 4.69) is 5.32 Å². The van der Waals surface area contributed by atoms with Crippen molar-refractivity contribution in [2.45, 2.75) is 39.8 Å². The maximum absolute atomic E-state index is 13.7. The molecule has 0 bridgehead atoms. The molecule has 1 aliphatic rings. The van der Waals surface area contributed by atoms with Gasteiger partial charge in [-0.3, -0.25) is 13.9 Å². The number of nitrogens with zero attached hydrogens (tertiary/aromatic N) is 2. The van der Waals surface area contributed by atoms with Crippen molar-refractivity contribution in [3.8, 4) is 11.5 Å². The summed E-state index contributed by atoms with van der Waals surface area (Å²) in [7, 11) is -2.30. The molecule has 1 heterocycles. The molecule has 1 N–H and O–H groups in total. The largest absolute Gasteiger partial charge is 0.486 e. The van der Waals surface area contributed by atoms with Crippen molar-refractivity contribution in [3.05, 3.63) is 53.6 Å². The van der Waals surface area contributed by atoms with Crippen molar-refractivity contribution in [1.82, 2.24) is 10.2 Å². The second-order valence-electron chi connectivity index (χ2n) is 8.22. The average Bonchev–Trinajstić information content (AvgIpc) is 2.87. The van der Waals surface area contributed by atoms with Crippen molar-refractivity contribution in [3.63, 3.8) is 0 Å². The van der Waals surface area contributed by atoms with E-state index in [1.165, 1.54) is 18.9 Å². The van der Waals surface area contributed by atoms with Crippen LogP contribution in [-0.2, 0) is 26.2 Å². The fourth-order valence-electron chi connectivity index (χ4n) is 3.96. The number of amides is 2. The second kappa shape index (κ2) is 11.4. The summed E-state index contributed by atoms with van der Waals surface area (Å²) < 4.78 is 38.4. The molecule has 0 aliphatic carbocycles. The van der Waals surface area contributed by atoms with Gasteiger partial charge in [-0.2, -0.15) is 0 Å². The van der Waals surface area contributed by atoms with Crippen LogP contribution in [0.5, 0.6) is 11.5 Å². The molecular weight excluding hydrogens is 470 g/mol. The molecule has 35 heavy (non-hydrogen) atoms. The van der Waals surface area contributed by atoms with E-state index in [9.17, 15) is 18.0 Å². The molecule has 0 saturated carbocycles. The highest BCUT2D eigenvalue weighted by atomic mass is 32.2. The molecular formula is C25H33N3O6S. The number of carbonyl (C=O) groups excluding carboxylic acids is 2. The Morgan fingerprint density at radius 3 is 2.37 bits per heavy atom. The lowest BCUT2D eigenvalue weighted by atomic mass is 10.1. The van der Waals surface area contributed by atoms with E-state index in [0.29, 0.717) is 36.8 Å². The van der Waals surface area contributed by atoms with E-state index in [-0.39, 0.29) is 18.2 Å². The summed E-state index contributed by atoms with van der Waals surface area (Å²) in [6.45, 7) is 5.77. The van der Waals surface area contributed by atoms with Crippen LogP contribution in [0.2, 0.25) is 0 Å². The van der Waals surface area contributed by atoms with Crippen LogP contribution >= 0.6 is 0 Å². The molecule has 2 aromatic rings. The van der Waals surface area contributed by atoms with Gasteiger partial charge in [0.15, 0.2) is 11.5 Å². The molecule has 1 atom stereocenters. The smallest absolute Gasteiger partial charge is 0.244 e. The van der Waals surface area contributed by atoms with Crippen LogP contribution in [0.3, 0.4) is 0 Å². The van der Waals surface area contributed by atoms with Crippen LogP contribution in [0.4, 0.5) is 5.69 Å². The van der Waals surface area contributed by atoms with Gasteiger partial charge < -0.3 is 19.7 Å². The Morgan fingerprint density at radius 2 is 1.74 bits per heavy atom. The number of benzene rings is 2. The Hall–Kier alpha value is -3.27. The molecule has 0 aromatic heterocycles. The van der Waals surface area contributed by atoms with Gasteiger partial charge in [0.2, 0.25) is 21.8 Å². The first kappa shape index (κ1) is 26.3. The molecule has 2 amide bonds. The summed E-state index contributed by atoms with van der Waals surface area (Å²) in [5, 5.41) is 2.62. The molecule has 0 spiro atoms. The number of fused-ring (bicyclic) bond motifs is 1. The van der Waals surface area contributed by atoms with Gasteiger partial charge in [-0.25, -0.2) is 8.42 Å². The number of rotatable bonds is 10. The minimum absolute atomic E-state index is 0.179. The van der Waals surface area contributed by atoms with E-state index in [1.807, 2.05) is 38.1 Å². The Labute approximate surface area is 207 Å². The highest BCUT2D eigenvalue weighted by Crippen LogP contribution is 2.35. The van der Waals surface area contributed by atoms with Crippen molar-refractivity contribution in [1.29, 1.82) is 0 Å². The standard InChI is InChI=1S/C25H33N3O6S/c1-5-21(25(30)26-4)27(16-19-10-8-7-9-18(19)3)24(29)17-28(35(31,32)6-2)20-11-12-22-23(15-20)34-14-13-33-22/h7-12,15,21H,5-6,13-14,16-17H2,1-4H3,(H,26,30). The topological polar surface area (TPSA) is 105 Å². The van der Waals surface area contributed by atoms with Gasteiger partial charge in [0.05, 0.1) is 11.4 Å². The number of sulfonamides is 1. The van der Waals surface area contributed by atoms with Gasteiger partial charge in [-0.15, -0.1) is 0 Å². The minimum atomic E-state index is -3.82. The number of hydrogen-bond acceptors (Lipinski definition) is 6. The molecule has 9 nitrogen and oxygen atoms in total. The Balaban J connectivity index is 1.99. The van der Waals surface area contributed by atoms with Gasteiger partial charge in [0.25, 0.3) is 0 Å². The predicted octanol–water partition coefficient (Wildman–Crippen LogP) is 2.48. The lowest BCUT2D eigenvalue weighted by molar-refractivity contribution is -0.140. The third-order valence-electron chi connectivity index (χ3n) is 6.03. The van der Waals surface area contributed by atoms with Crippen molar-refractivity contribution in [2.75, 3.05) is 36.9 Å². The van der Waals surface area contributed by atoms with Gasteiger partial charge in [0.1, 0.15) is 25.8 Å². The highest BCUT2D eigenvalue weighted by molar-refractivity contribution is 7.92. The van der Waals surface area contributed by atoms with Crippen LogP contribution in [0.25, 0.3) is 0 Å². The third-order valence-corrected chi connectivity index (χ3v) is 7.77. The molecule has 0 fully saturated rings. The van der Waals surface area contributed by atoms with Crippen LogP contribution in [0.1, 0.15) is 31.4 Å². The fraction of sp³-hybridized carbons (Fsp3) is 0.440. The minimum Gasteiger partial charge on any atom is -0.486 e. The highest BCUT2D eigenvalue weighted by Gasteiger charge is 2.32.